The van der Waals surface area contributed by atoms with E-state index in [1.54, 1.807) is 12.1 Å². The molecule has 152 valence electrons. The summed E-state index contributed by atoms with van der Waals surface area (Å²) in [6.45, 7) is 0.663. The van der Waals surface area contributed by atoms with Crippen LogP contribution in [-0.2, 0) is 17.5 Å². The highest BCUT2D eigenvalue weighted by atomic mass is 19.4. The molecule has 0 aliphatic rings. The van der Waals surface area contributed by atoms with Crippen LogP contribution in [0.1, 0.15) is 5.56 Å². The lowest BCUT2D eigenvalue weighted by atomic mass is 10.2. The number of ether oxygens (including phenoxy) is 1. The molecule has 2 aromatic carbocycles. The molecule has 0 saturated heterocycles. The van der Waals surface area contributed by atoms with Crippen molar-refractivity contribution in [3.8, 4) is 0 Å². The van der Waals surface area contributed by atoms with Crippen molar-refractivity contribution in [1.82, 2.24) is 9.55 Å². The Morgan fingerprint density at radius 2 is 1.86 bits per heavy atom. The van der Waals surface area contributed by atoms with Gasteiger partial charge in [0, 0.05) is 18.5 Å². The van der Waals surface area contributed by atoms with E-state index in [1.807, 2.05) is 0 Å². The number of nitrogens with zero attached hydrogens (tertiary/aromatic N) is 2. The van der Waals surface area contributed by atoms with Gasteiger partial charge in [0.2, 0.25) is 0 Å². The smallest absolute Gasteiger partial charge is 0.383 e. The number of urea groups is 1. The zero-order valence-corrected chi connectivity index (χ0v) is 15.3. The van der Waals surface area contributed by atoms with Crippen molar-refractivity contribution < 1.29 is 22.7 Å². The molecule has 0 fully saturated rings. The van der Waals surface area contributed by atoms with Crippen LogP contribution in [0.3, 0.4) is 0 Å². The second-order valence-corrected chi connectivity index (χ2v) is 6.13. The number of benzene rings is 2. The lowest BCUT2D eigenvalue weighted by Crippen LogP contribution is -2.23. The minimum atomic E-state index is -4.51. The maximum atomic E-state index is 12.8. The Balaban J connectivity index is 1.78. The predicted octanol–water partition coefficient (Wildman–Crippen LogP) is 3.71. The lowest BCUT2D eigenvalue weighted by molar-refractivity contribution is -0.137. The molecule has 0 aliphatic heterocycles. The number of anilines is 2. The quantitative estimate of drug-likeness (QED) is 0.677. The first-order chi connectivity index (χ1) is 13.8. The second kappa shape index (κ2) is 8.31. The molecule has 0 aliphatic carbocycles. The number of methoxy groups -OCH3 is 1. The lowest BCUT2D eigenvalue weighted by Gasteiger charge is -2.11. The number of carbonyl (C=O) groups excluding carboxylic acids is 1. The highest BCUT2D eigenvalue weighted by Gasteiger charge is 2.30. The number of aromatic nitrogens is 2. The number of hydrogen-bond acceptors (Lipinski definition) is 4. The van der Waals surface area contributed by atoms with Crippen molar-refractivity contribution >= 4 is 28.3 Å². The predicted molar refractivity (Wildman–Crippen MR) is 102 cm³/mol. The molecular formula is C19H17F3N4O3. The van der Waals surface area contributed by atoms with Crippen LogP contribution < -0.4 is 16.2 Å². The molecule has 2 N–H and O–H groups in total. The summed E-state index contributed by atoms with van der Waals surface area (Å²) in [6.07, 6.45) is -3.10. The van der Waals surface area contributed by atoms with E-state index in [2.05, 4.69) is 15.6 Å². The van der Waals surface area contributed by atoms with Gasteiger partial charge in [0.25, 0.3) is 5.56 Å². The normalized spacial score (nSPS) is 11.4. The molecule has 0 unspecified atom stereocenters. The van der Waals surface area contributed by atoms with Gasteiger partial charge in [0.05, 0.1) is 35.9 Å². The van der Waals surface area contributed by atoms with Gasteiger partial charge in [-0.1, -0.05) is 6.07 Å². The third kappa shape index (κ3) is 4.91. The van der Waals surface area contributed by atoms with Crippen LogP contribution in [0.4, 0.5) is 29.3 Å². The minimum absolute atomic E-state index is 0.0123. The largest absolute Gasteiger partial charge is 0.416 e. The number of fused-ring (bicyclic) bond motifs is 1. The second-order valence-electron chi connectivity index (χ2n) is 6.13. The molecule has 10 heteroatoms. The fourth-order valence-corrected chi connectivity index (χ4v) is 2.65. The van der Waals surface area contributed by atoms with Crippen LogP contribution in [0, 0.1) is 0 Å². The Labute approximate surface area is 163 Å². The van der Waals surface area contributed by atoms with E-state index >= 15 is 0 Å². The maximum absolute atomic E-state index is 12.8. The minimum Gasteiger partial charge on any atom is -0.383 e. The van der Waals surface area contributed by atoms with E-state index in [4.69, 9.17) is 4.74 Å². The van der Waals surface area contributed by atoms with E-state index < -0.39 is 17.8 Å². The first-order valence-electron chi connectivity index (χ1n) is 8.51. The third-order valence-electron chi connectivity index (χ3n) is 4.07. The van der Waals surface area contributed by atoms with Crippen molar-refractivity contribution in [2.24, 2.45) is 0 Å². The SMILES string of the molecule is COCCn1cnc2ccc(NC(=O)Nc3cccc(C(F)(F)F)c3)cc2c1=O. The summed E-state index contributed by atoms with van der Waals surface area (Å²) in [6, 6.07) is 8.10. The number of hydrogen-bond donors (Lipinski definition) is 2. The van der Waals surface area contributed by atoms with E-state index in [9.17, 15) is 22.8 Å². The Morgan fingerprint density at radius 3 is 2.55 bits per heavy atom. The monoisotopic (exact) mass is 406 g/mol. The molecule has 1 aromatic heterocycles. The first-order valence-corrected chi connectivity index (χ1v) is 8.51. The van der Waals surface area contributed by atoms with Gasteiger partial charge in [-0.05, 0) is 36.4 Å². The number of amides is 2. The van der Waals surface area contributed by atoms with Crippen molar-refractivity contribution in [3.63, 3.8) is 0 Å². The molecule has 2 amide bonds. The Kier molecular flexibility index (Phi) is 5.83. The van der Waals surface area contributed by atoms with Crippen LogP contribution >= 0.6 is 0 Å². The summed E-state index contributed by atoms with van der Waals surface area (Å²) in [5.74, 6) is 0. The Hall–Kier alpha value is -3.40. The van der Waals surface area contributed by atoms with Crippen molar-refractivity contribution in [3.05, 3.63) is 64.7 Å². The Morgan fingerprint density at radius 1 is 1.14 bits per heavy atom. The standard InChI is InChI=1S/C19H17F3N4O3/c1-29-8-7-26-11-23-16-6-5-14(10-15(16)17(26)27)25-18(28)24-13-4-2-3-12(9-13)19(20,21)22/h2-6,9-11H,7-8H2,1H3,(H2,24,25,28). The Bertz CT molecular complexity index is 1100. The summed E-state index contributed by atoms with van der Waals surface area (Å²) in [5, 5.41) is 5.13. The van der Waals surface area contributed by atoms with Gasteiger partial charge in [-0.3, -0.25) is 9.36 Å². The van der Waals surface area contributed by atoms with E-state index in [1.165, 1.54) is 36.2 Å². The van der Waals surface area contributed by atoms with Gasteiger partial charge >= 0.3 is 12.2 Å². The number of carbonyl (C=O) groups is 1. The molecule has 0 bridgehead atoms. The van der Waals surface area contributed by atoms with Crippen molar-refractivity contribution in [2.75, 3.05) is 24.4 Å². The van der Waals surface area contributed by atoms with Crippen molar-refractivity contribution in [2.45, 2.75) is 12.7 Å². The molecule has 7 nitrogen and oxygen atoms in total. The third-order valence-corrected chi connectivity index (χ3v) is 4.07. The van der Waals surface area contributed by atoms with Crippen LogP contribution in [0.15, 0.2) is 53.6 Å². The van der Waals surface area contributed by atoms with E-state index in [0.29, 0.717) is 29.7 Å². The van der Waals surface area contributed by atoms with Gasteiger partial charge in [0.15, 0.2) is 0 Å². The molecule has 3 aromatic rings. The highest BCUT2D eigenvalue weighted by molar-refractivity contribution is 6.00. The van der Waals surface area contributed by atoms with Gasteiger partial charge in [-0.15, -0.1) is 0 Å². The van der Waals surface area contributed by atoms with Gasteiger partial charge in [0.1, 0.15) is 0 Å². The fraction of sp³-hybridized carbons (Fsp3) is 0.211. The molecular weight excluding hydrogens is 389 g/mol. The first kappa shape index (κ1) is 20.3. The van der Waals surface area contributed by atoms with Gasteiger partial charge < -0.3 is 15.4 Å². The number of halogens is 3. The molecule has 0 spiro atoms. The molecule has 3 rings (SSSR count). The average Bonchev–Trinajstić information content (AvgIpc) is 2.67. The fourth-order valence-electron chi connectivity index (χ4n) is 2.65. The van der Waals surface area contributed by atoms with Crippen LogP contribution in [0.2, 0.25) is 0 Å². The molecule has 0 radical (unpaired) electrons. The summed E-state index contributed by atoms with van der Waals surface area (Å²) in [7, 11) is 1.52. The van der Waals surface area contributed by atoms with Crippen LogP contribution in [0.5, 0.6) is 0 Å². The zero-order chi connectivity index (χ0) is 21.0. The van der Waals surface area contributed by atoms with Gasteiger partial charge in [-0.25, -0.2) is 9.78 Å². The number of nitrogens with one attached hydrogen (secondary N) is 2. The van der Waals surface area contributed by atoms with Crippen LogP contribution in [-0.4, -0.2) is 29.3 Å². The molecule has 0 atom stereocenters. The zero-order valence-electron chi connectivity index (χ0n) is 15.3. The molecule has 1 heterocycles. The average molecular weight is 406 g/mol. The van der Waals surface area contributed by atoms with Gasteiger partial charge in [-0.2, -0.15) is 13.2 Å². The summed E-state index contributed by atoms with van der Waals surface area (Å²) in [5.41, 5.74) is -0.433. The van der Waals surface area contributed by atoms with Crippen LogP contribution in [0.25, 0.3) is 10.9 Å². The van der Waals surface area contributed by atoms with E-state index in [-0.39, 0.29) is 11.2 Å². The summed E-state index contributed by atoms with van der Waals surface area (Å²) in [4.78, 5) is 28.9. The van der Waals surface area contributed by atoms with E-state index in [0.717, 1.165) is 12.1 Å². The molecule has 0 saturated carbocycles. The maximum Gasteiger partial charge on any atom is 0.416 e. The molecule has 29 heavy (non-hydrogen) atoms. The highest BCUT2D eigenvalue weighted by Crippen LogP contribution is 2.30. The number of rotatable bonds is 5. The summed E-state index contributed by atoms with van der Waals surface area (Å²) >= 11 is 0. The van der Waals surface area contributed by atoms with Crippen molar-refractivity contribution in [1.29, 1.82) is 0 Å². The topological polar surface area (TPSA) is 85.2 Å². The summed E-state index contributed by atoms with van der Waals surface area (Å²) < 4.78 is 44.7. The number of alkyl halides is 3.